The maximum Gasteiger partial charge on any atom is 0.0971 e. The van der Waals surface area contributed by atoms with Crippen molar-refractivity contribution in [2.24, 2.45) is 5.73 Å². The van der Waals surface area contributed by atoms with Gasteiger partial charge in [-0.05, 0) is 44.5 Å². The number of likely N-dealkylation sites (tertiary alicyclic amines) is 1. The fourth-order valence-corrected chi connectivity index (χ4v) is 3.05. The van der Waals surface area contributed by atoms with Crippen molar-refractivity contribution in [3.05, 3.63) is 42.2 Å². The van der Waals surface area contributed by atoms with Gasteiger partial charge in [-0.15, -0.1) is 0 Å². The molecule has 1 fully saturated rings. The summed E-state index contributed by atoms with van der Waals surface area (Å²) in [7, 11) is 0. The van der Waals surface area contributed by atoms with Crippen LogP contribution in [0.1, 0.15) is 31.4 Å². The van der Waals surface area contributed by atoms with Crippen molar-refractivity contribution in [1.29, 1.82) is 0 Å². The van der Waals surface area contributed by atoms with Crippen LogP contribution < -0.4 is 5.73 Å². The molecular formula is C16H23N5. The fraction of sp³-hybridized carbons (Fsp3) is 0.500. The van der Waals surface area contributed by atoms with Crippen LogP contribution in [0.4, 0.5) is 0 Å². The van der Waals surface area contributed by atoms with Crippen molar-refractivity contribution in [1.82, 2.24) is 19.9 Å². The van der Waals surface area contributed by atoms with Gasteiger partial charge >= 0.3 is 0 Å². The number of aromatic nitrogens is 3. The topological polar surface area (TPSA) is 60.0 Å². The molecule has 3 rings (SSSR count). The van der Waals surface area contributed by atoms with Gasteiger partial charge in [0.15, 0.2) is 0 Å². The highest BCUT2D eigenvalue weighted by Crippen LogP contribution is 2.21. The molecule has 2 N–H and O–H groups in total. The molecule has 1 unspecified atom stereocenters. The summed E-state index contributed by atoms with van der Waals surface area (Å²) in [6.45, 7) is 2.78. The van der Waals surface area contributed by atoms with E-state index in [0.717, 1.165) is 37.4 Å². The Balaban J connectivity index is 1.69. The Bertz CT molecular complexity index is 549. The van der Waals surface area contributed by atoms with E-state index in [-0.39, 0.29) is 0 Å². The van der Waals surface area contributed by atoms with E-state index in [2.05, 4.69) is 15.1 Å². The number of hydrogen-bond acceptors (Lipinski definition) is 4. The van der Waals surface area contributed by atoms with Crippen molar-refractivity contribution in [3.8, 4) is 5.69 Å². The minimum atomic E-state index is 0.602. The van der Waals surface area contributed by atoms with E-state index >= 15 is 0 Å². The first-order chi connectivity index (χ1) is 10.4. The van der Waals surface area contributed by atoms with E-state index in [1.165, 1.54) is 19.3 Å². The van der Waals surface area contributed by atoms with Crippen LogP contribution in [-0.4, -0.2) is 39.0 Å². The normalized spacial score (nSPS) is 19.8. The van der Waals surface area contributed by atoms with Crippen molar-refractivity contribution in [2.75, 3.05) is 13.1 Å². The lowest BCUT2D eigenvalue weighted by Crippen LogP contribution is -2.40. The SMILES string of the molecule is NCCC1CCCCN1Cc1cnn(-c2ccccc2)n1. The largest absolute Gasteiger partial charge is 0.330 e. The number of rotatable bonds is 5. The zero-order valence-electron chi connectivity index (χ0n) is 12.4. The van der Waals surface area contributed by atoms with Crippen LogP contribution in [0.2, 0.25) is 0 Å². The number of para-hydroxylation sites is 1. The lowest BCUT2D eigenvalue weighted by atomic mass is 9.99. The molecule has 0 bridgehead atoms. The molecule has 5 nitrogen and oxygen atoms in total. The number of nitrogens with two attached hydrogens (primary N) is 1. The van der Waals surface area contributed by atoms with Crippen LogP contribution >= 0.6 is 0 Å². The Morgan fingerprint density at radius 1 is 1.19 bits per heavy atom. The van der Waals surface area contributed by atoms with E-state index < -0.39 is 0 Å². The standard InChI is InChI=1S/C16H23N5/c17-10-9-15-6-4-5-11-20(15)13-14-12-18-21(19-14)16-7-2-1-3-8-16/h1-3,7-8,12,15H,4-6,9-11,13,17H2. The van der Waals surface area contributed by atoms with Gasteiger partial charge in [0.25, 0.3) is 0 Å². The molecule has 1 aliphatic rings. The molecule has 1 aliphatic heterocycles. The Morgan fingerprint density at radius 3 is 2.86 bits per heavy atom. The smallest absolute Gasteiger partial charge is 0.0971 e. The second kappa shape index (κ2) is 6.83. The van der Waals surface area contributed by atoms with Crippen molar-refractivity contribution < 1.29 is 0 Å². The fourth-order valence-electron chi connectivity index (χ4n) is 3.05. The lowest BCUT2D eigenvalue weighted by Gasteiger charge is -2.35. The third-order valence-corrected chi connectivity index (χ3v) is 4.14. The molecule has 21 heavy (non-hydrogen) atoms. The van der Waals surface area contributed by atoms with Crippen LogP contribution in [0.3, 0.4) is 0 Å². The first-order valence-electron chi connectivity index (χ1n) is 7.77. The summed E-state index contributed by atoms with van der Waals surface area (Å²) in [5, 5.41) is 8.98. The van der Waals surface area contributed by atoms with E-state index in [1.54, 1.807) is 4.80 Å². The van der Waals surface area contributed by atoms with Crippen LogP contribution in [0.25, 0.3) is 5.69 Å². The summed E-state index contributed by atoms with van der Waals surface area (Å²) in [5.41, 5.74) is 7.77. The molecular weight excluding hydrogens is 262 g/mol. The third kappa shape index (κ3) is 3.49. The number of piperidine rings is 1. The lowest BCUT2D eigenvalue weighted by molar-refractivity contribution is 0.132. The third-order valence-electron chi connectivity index (χ3n) is 4.14. The molecule has 0 aliphatic carbocycles. The molecule has 0 radical (unpaired) electrons. The maximum absolute atomic E-state index is 5.74. The molecule has 1 atom stereocenters. The van der Waals surface area contributed by atoms with Gasteiger partial charge in [0, 0.05) is 12.6 Å². The summed E-state index contributed by atoms with van der Waals surface area (Å²) in [5.74, 6) is 0. The van der Waals surface area contributed by atoms with Crippen LogP contribution in [0.5, 0.6) is 0 Å². The quantitative estimate of drug-likeness (QED) is 0.912. The van der Waals surface area contributed by atoms with Crippen molar-refractivity contribution in [2.45, 2.75) is 38.3 Å². The Labute approximate surface area is 125 Å². The molecule has 1 saturated heterocycles. The van der Waals surface area contributed by atoms with Gasteiger partial charge in [0.05, 0.1) is 17.6 Å². The van der Waals surface area contributed by atoms with Crippen LogP contribution in [0.15, 0.2) is 36.5 Å². The summed E-state index contributed by atoms with van der Waals surface area (Å²) < 4.78 is 0. The summed E-state index contributed by atoms with van der Waals surface area (Å²) in [6.07, 6.45) is 6.80. The van der Waals surface area contributed by atoms with Gasteiger partial charge in [0.2, 0.25) is 0 Å². The average molecular weight is 285 g/mol. The van der Waals surface area contributed by atoms with E-state index in [9.17, 15) is 0 Å². The van der Waals surface area contributed by atoms with Gasteiger partial charge in [0.1, 0.15) is 0 Å². The molecule has 2 aromatic rings. The molecule has 0 spiro atoms. The van der Waals surface area contributed by atoms with Crippen LogP contribution in [-0.2, 0) is 6.54 Å². The number of nitrogens with zero attached hydrogens (tertiary/aromatic N) is 4. The second-order valence-corrected chi connectivity index (χ2v) is 5.66. The Morgan fingerprint density at radius 2 is 2.05 bits per heavy atom. The first-order valence-corrected chi connectivity index (χ1v) is 7.77. The maximum atomic E-state index is 5.74. The zero-order chi connectivity index (χ0) is 14.5. The van der Waals surface area contributed by atoms with Crippen molar-refractivity contribution in [3.63, 3.8) is 0 Å². The monoisotopic (exact) mass is 285 g/mol. The minimum Gasteiger partial charge on any atom is -0.330 e. The number of hydrogen-bond donors (Lipinski definition) is 1. The average Bonchev–Trinajstić information content (AvgIpc) is 2.99. The summed E-state index contributed by atoms with van der Waals surface area (Å²) in [4.78, 5) is 4.22. The molecule has 2 heterocycles. The van der Waals surface area contributed by atoms with E-state index in [0.29, 0.717) is 6.04 Å². The Hall–Kier alpha value is -1.72. The molecule has 0 amide bonds. The Kier molecular flexibility index (Phi) is 4.62. The molecule has 112 valence electrons. The molecule has 5 heteroatoms. The first kappa shape index (κ1) is 14.2. The van der Waals surface area contributed by atoms with Crippen molar-refractivity contribution >= 4 is 0 Å². The van der Waals surface area contributed by atoms with E-state index in [1.807, 2.05) is 36.5 Å². The summed E-state index contributed by atoms with van der Waals surface area (Å²) in [6, 6.07) is 10.6. The van der Waals surface area contributed by atoms with Gasteiger partial charge in [-0.1, -0.05) is 24.6 Å². The van der Waals surface area contributed by atoms with Gasteiger partial charge in [-0.3, -0.25) is 4.90 Å². The number of benzene rings is 1. The van der Waals surface area contributed by atoms with Gasteiger partial charge in [-0.2, -0.15) is 15.0 Å². The summed E-state index contributed by atoms with van der Waals surface area (Å²) >= 11 is 0. The highest BCUT2D eigenvalue weighted by atomic mass is 15.5. The molecule has 0 saturated carbocycles. The highest BCUT2D eigenvalue weighted by Gasteiger charge is 2.22. The highest BCUT2D eigenvalue weighted by molar-refractivity contribution is 5.28. The second-order valence-electron chi connectivity index (χ2n) is 5.66. The van der Waals surface area contributed by atoms with E-state index in [4.69, 9.17) is 5.73 Å². The van der Waals surface area contributed by atoms with Gasteiger partial charge in [-0.25, -0.2) is 0 Å². The van der Waals surface area contributed by atoms with Crippen LogP contribution in [0, 0.1) is 0 Å². The molecule has 1 aromatic heterocycles. The molecule has 1 aromatic carbocycles. The predicted octanol–water partition coefficient (Wildman–Crippen LogP) is 1.97. The van der Waals surface area contributed by atoms with Gasteiger partial charge < -0.3 is 5.73 Å². The zero-order valence-corrected chi connectivity index (χ0v) is 12.4. The minimum absolute atomic E-state index is 0.602. The predicted molar refractivity (Wildman–Crippen MR) is 83.1 cm³/mol.